The van der Waals surface area contributed by atoms with Crippen molar-refractivity contribution in [1.29, 1.82) is 0 Å². The van der Waals surface area contributed by atoms with Crippen LogP contribution in [0.5, 0.6) is 0 Å². The van der Waals surface area contributed by atoms with Crippen molar-refractivity contribution in [3.8, 4) is 0 Å². The molecule has 0 bridgehead atoms. The molecule has 0 radical (unpaired) electrons. The van der Waals surface area contributed by atoms with Crippen LogP contribution in [-0.2, 0) is 18.0 Å². The van der Waals surface area contributed by atoms with E-state index in [4.69, 9.17) is 11.6 Å². The molecule has 1 aliphatic heterocycles. The summed E-state index contributed by atoms with van der Waals surface area (Å²) in [7, 11) is 1.96. The van der Waals surface area contributed by atoms with Gasteiger partial charge in [0.2, 0.25) is 5.91 Å². The highest BCUT2D eigenvalue weighted by Gasteiger charge is 2.34. The third kappa shape index (κ3) is 4.04. The van der Waals surface area contributed by atoms with Crippen LogP contribution < -0.4 is 5.32 Å². The first kappa shape index (κ1) is 18.8. The Morgan fingerprint density at radius 3 is 2.77 bits per heavy atom. The zero-order chi connectivity index (χ0) is 18.9. The Bertz CT molecular complexity index is 803. The molecule has 4 nitrogen and oxygen atoms in total. The number of nitrogens with zero attached hydrogens (tertiary/aromatic N) is 2. The molecule has 0 saturated carbocycles. The van der Waals surface area contributed by atoms with E-state index in [1.807, 2.05) is 34.8 Å². The molecule has 26 heavy (non-hydrogen) atoms. The fourth-order valence-corrected chi connectivity index (χ4v) is 3.60. The lowest BCUT2D eigenvalue weighted by atomic mass is 10.1. The SMILES string of the molecule is Cn1cccc1[C@@H]1CCCN1CC(=O)Nc1ccc(Cl)c(C(F)(F)F)c1. The van der Waals surface area contributed by atoms with E-state index in [-0.39, 0.29) is 29.2 Å². The molecule has 2 aromatic rings. The number of hydrogen-bond donors (Lipinski definition) is 1. The van der Waals surface area contributed by atoms with Gasteiger partial charge in [0, 0.05) is 24.6 Å². The van der Waals surface area contributed by atoms with Crippen molar-refractivity contribution >= 4 is 23.2 Å². The molecule has 1 amide bonds. The third-order valence-corrected chi connectivity index (χ3v) is 4.92. The van der Waals surface area contributed by atoms with E-state index >= 15 is 0 Å². The standard InChI is InChI=1S/C18H19ClF3N3O/c1-24-8-2-4-15(24)16-5-3-9-25(16)11-17(26)23-12-6-7-14(19)13(10-12)18(20,21)22/h2,4,6-8,10,16H,3,5,9,11H2,1H3,(H,23,26)/t16-/m0/s1. The summed E-state index contributed by atoms with van der Waals surface area (Å²) >= 11 is 5.60. The predicted octanol–water partition coefficient (Wildman–Crippen LogP) is 4.47. The highest BCUT2D eigenvalue weighted by atomic mass is 35.5. The van der Waals surface area contributed by atoms with Crippen LogP contribution >= 0.6 is 11.6 Å². The lowest BCUT2D eigenvalue weighted by Crippen LogP contribution is -2.33. The van der Waals surface area contributed by atoms with Gasteiger partial charge in [0.25, 0.3) is 0 Å². The average molecular weight is 386 g/mol. The molecule has 3 rings (SSSR count). The monoisotopic (exact) mass is 385 g/mol. The zero-order valence-corrected chi connectivity index (χ0v) is 14.9. The third-order valence-electron chi connectivity index (χ3n) is 4.59. The molecule has 1 aliphatic rings. The summed E-state index contributed by atoms with van der Waals surface area (Å²) in [4.78, 5) is 14.4. The van der Waals surface area contributed by atoms with Crippen molar-refractivity contribution in [1.82, 2.24) is 9.47 Å². The second kappa shape index (κ2) is 7.32. The number of amides is 1. The number of hydrogen-bond acceptors (Lipinski definition) is 2. The molecule has 1 fully saturated rings. The van der Waals surface area contributed by atoms with Crippen LogP contribution in [0.1, 0.15) is 30.1 Å². The van der Waals surface area contributed by atoms with E-state index in [1.54, 1.807) is 0 Å². The number of likely N-dealkylation sites (tertiary alicyclic amines) is 1. The second-order valence-electron chi connectivity index (χ2n) is 6.41. The van der Waals surface area contributed by atoms with Gasteiger partial charge in [0.05, 0.1) is 23.2 Å². The van der Waals surface area contributed by atoms with E-state index in [2.05, 4.69) is 5.32 Å². The first-order valence-electron chi connectivity index (χ1n) is 8.27. The number of carbonyl (C=O) groups is 1. The highest BCUT2D eigenvalue weighted by Crippen LogP contribution is 2.36. The van der Waals surface area contributed by atoms with E-state index in [1.165, 1.54) is 6.07 Å². The molecule has 8 heteroatoms. The van der Waals surface area contributed by atoms with Gasteiger partial charge in [-0.3, -0.25) is 9.69 Å². The molecular formula is C18H19ClF3N3O. The van der Waals surface area contributed by atoms with Crippen molar-refractivity contribution in [2.24, 2.45) is 7.05 Å². The molecule has 2 heterocycles. The molecule has 1 atom stereocenters. The van der Waals surface area contributed by atoms with Crippen molar-refractivity contribution in [3.05, 3.63) is 52.8 Å². The molecule has 140 valence electrons. The van der Waals surface area contributed by atoms with Crippen molar-refractivity contribution in [3.63, 3.8) is 0 Å². The fourth-order valence-electron chi connectivity index (χ4n) is 3.38. The van der Waals surface area contributed by atoms with E-state index in [0.717, 1.165) is 37.2 Å². The predicted molar refractivity (Wildman–Crippen MR) is 94.0 cm³/mol. The minimum absolute atomic E-state index is 0.0846. The Morgan fingerprint density at radius 2 is 2.12 bits per heavy atom. The van der Waals surface area contributed by atoms with Crippen molar-refractivity contribution < 1.29 is 18.0 Å². The van der Waals surface area contributed by atoms with Crippen LogP contribution in [0.4, 0.5) is 18.9 Å². The number of alkyl halides is 3. The van der Waals surface area contributed by atoms with E-state index in [0.29, 0.717) is 0 Å². The highest BCUT2D eigenvalue weighted by molar-refractivity contribution is 6.31. The van der Waals surface area contributed by atoms with Gasteiger partial charge in [-0.05, 0) is 49.7 Å². The number of aromatic nitrogens is 1. The van der Waals surface area contributed by atoms with Gasteiger partial charge < -0.3 is 9.88 Å². The Balaban J connectivity index is 1.68. The summed E-state index contributed by atoms with van der Waals surface area (Å²) in [5.74, 6) is -0.346. The summed E-state index contributed by atoms with van der Waals surface area (Å²) in [5, 5.41) is 2.15. The second-order valence-corrected chi connectivity index (χ2v) is 6.82. The fraction of sp³-hybridized carbons (Fsp3) is 0.389. The molecule has 1 saturated heterocycles. The Hall–Kier alpha value is -1.99. The first-order valence-corrected chi connectivity index (χ1v) is 8.65. The van der Waals surface area contributed by atoms with Gasteiger partial charge in [-0.25, -0.2) is 0 Å². The smallest absolute Gasteiger partial charge is 0.353 e. The molecule has 0 spiro atoms. The number of benzene rings is 1. The van der Waals surface area contributed by atoms with Crippen LogP contribution in [0.2, 0.25) is 5.02 Å². The van der Waals surface area contributed by atoms with Gasteiger partial charge in [0.15, 0.2) is 0 Å². The van der Waals surface area contributed by atoms with Gasteiger partial charge in [-0.1, -0.05) is 11.6 Å². The first-order chi connectivity index (χ1) is 12.3. The maximum atomic E-state index is 12.9. The number of carbonyl (C=O) groups excluding carboxylic acids is 1. The Kier molecular flexibility index (Phi) is 5.29. The molecule has 1 N–H and O–H groups in total. The average Bonchev–Trinajstić information content (AvgIpc) is 3.16. The number of anilines is 1. The van der Waals surface area contributed by atoms with E-state index in [9.17, 15) is 18.0 Å². The molecule has 0 aliphatic carbocycles. The summed E-state index contributed by atoms with van der Waals surface area (Å²) in [5.41, 5.74) is 0.252. The maximum Gasteiger partial charge on any atom is 0.417 e. The van der Waals surface area contributed by atoms with Crippen LogP contribution in [0.3, 0.4) is 0 Å². The van der Waals surface area contributed by atoms with Crippen molar-refractivity contribution in [2.75, 3.05) is 18.4 Å². The summed E-state index contributed by atoms with van der Waals surface area (Å²) < 4.78 is 40.8. The molecular weight excluding hydrogens is 367 g/mol. The van der Waals surface area contributed by atoms with Gasteiger partial charge >= 0.3 is 6.18 Å². The minimum atomic E-state index is -4.57. The summed E-state index contributed by atoms with van der Waals surface area (Å²) in [6.45, 7) is 0.900. The number of nitrogens with one attached hydrogen (secondary N) is 1. The largest absolute Gasteiger partial charge is 0.417 e. The van der Waals surface area contributed by atoms with Crippen LogP contribution in [-0.4, -0.2) is 28.5 Å². The Morgan fingerprint density at radius 1 is 1.35 bits per heavy atom. The number of halogens is 4. The van der Waals surface area contributed by atoms with Gasteiger partial charge in [-0.15, -0.1) is 0 Å². The summed E-state index contributed by atoms with van der Waals surface area (Å²) in [6.07, 6.45) is -0.685. The zero-order valence-electron chi connectivity index (χ0n) is 14.2. The molecule has 1 aromatic heterocycles. The number of aryl methyl sites for hydroxylation is 1. The number of rotatable bonds is 4. The molecule has 1 aromatic carbocycles. The maximum absolute atomic E-state index is 12.9. The van der Waals surface area contributed by atoms with Crippen molar-refractivity contribution in [2.45, 2.75) is 25.1 Å². The van der Waals surface area contributed by atoms with E-state index < -0.39 is 11.7 Å². The summed E-state index contributed by atoms with van der Waals surface area (Å²) in [6, 6.07) is 7.49. The lowest BCUT2D eigenvalue weighted by molar-refractivity contribution is -0.137. The lowest BCUT2D eigenvalue weighted by Gasteiger charge is -2.24. The Labute approximate surface area is 154 Å². The normalized spacial score (nSPS) is 18.3. The minimum Gasteiger partial charge on any atom is -0.353 e. The van der Waals surface area contributed by atoms with Gasteiger partial charge in [0.1, 0.15) is 0 Å². The van der Waals surface area contributed by atoms with Crippen LogP contribution in [0.25, 0.3) is 0 Å². The molecule has 0 unspecified atom stereocenters. The van der Waals surface area contributed by atoms with Gasteiger partial charge in [-0.2, -0.15) is 13.2 Å². The quantitative estimate of drug-likeness (QED) is 0.843. The van der Waals surface area contributed by atoms with Crippen LogP contribution in [0, 0.1) is 0 Å². The van der Waals surface area contributed by atoms with Crippen LogP contribution in [0.15, 0.2) is 36.5 Å². The topological polar surface area (TPSA) is 37.3 Å².